The van der Waals surface area contributed by atoms with E-state index in [9.17, 15) is 0 Å². The van der Waals surface area contributed by atoms with Crippen LogP contribution in [0.15, 0.2) is 46.9 Å². The summed E-state index contributed by atoms with van der Waals surface area (Å²) >= 11 is 1.67. The summed E-state index contributed by atoms with van der Waals surface area (Å²) in [5.41, 5.74) is 3.27. The molecule has 0 spiro atoms. The van der Waals surface area contributed by atoms with E-state index >= 15 is 0 Å². The second-order valence-corrected chi connectivity index (χ2v) is 7.15. The SMILES string of the molecule is CN=C(NCc1ncc(-c2ccccc2)[nH]1)NCc1nc(C(C)C)cs1.I. The number of benzene rings is 1. The number of nitrogens with one attached hydrogen (secondary N) is 3. The minimum atomic E-state index is 0. The number of halogens is 1. The molecule has 0 aliphatic rings. The van der Waals surface area contributed by atoms with Gasteiger partial charge in [0.25, 0.3) is 0 Å². The molecule has 3 aromatic rings. The average Bonchev–Trinajstić information content (AvgIpc) is 3.32. The second kappa shape index (κ2) is 10.4. The third-order valence-electron chi connectivity index (χ3n) is 3.93. The van der Waals surface area contributed by atoms with E-state index < -0.39 is 0 Å². The summed E-state index contributed by atoms with van der Waals surface area (Å²) in [7, 11) is 1.76. The number of guanidine groups is 1. The molecule has 0 aliphatic heterocycles. The lowest BCUT2D eigenvalue weighted by Gasteiger charge is -2.09. The number of hydrogen-bond acceptors (Lipinski definition) is 4. The van der Waals surface area contributed by atoms with Gasteiger partial charge in [-0.15, -0.1) is 35.3 Å². The van der Waals surface area contributed by atoms with E-state index in [0.717, 1.165) is 33.7 Å². The summed E-state index contributed by atoms with van der Waals surface area (Å²) in [4.78, 5) is 16.6. The first-order valence-corrected chi connectivity index (χ1v) is 9.51. The van der Waals surface area contributed by atoms with E-state index in [1.54, 1.807) is 18.4 Å². The number of thiazole rings is 1. The predicted molar refractivity (Wildman–Crippen MR) is 123 cm³/mol. The summed E-state index contributed by atoms with van der Waals surface area (Å²) in [6.45, 7) is 5.53. The number of rotatable bonds is 6. The molecule has 8 heteroatoms. The van der Waals surface area contributed by atoms with Gasteiger partial charge in [-0.25, -0.2) is 9.97 Å². The van der Waals surface area contributed by atoms with Gasteiger partial charge in [0.15, 0.2) is 5.96 Å². The van der Waals surface area contributed by atoms with E-state index in [2.05, 4.69) is 61.9 Å². The number of H-pyrrole nitrogens is 1. The average molecular weight is 496 g/mol. The van der Waals surface area contributed by atoms with E-state index in [0.29, 0.717) is 19.0 Å². The summed E-state index contributed by atoms with van der Waals surface area (Å²) in [5, 5.41) is 9.74. The molecular formula is C19H25IN6S. The number of hydrogen-bond donors (Lipinski definition) is 3. The fraction of sp³-hybridized carbons (Fsp3) is 0.316. The molecule has 1 aromatic carbocycles. The lowest BCUT2D eigenvalue weighted by molar-refractivity contribution is 0.770. The molecule has 0 amide bonds. The molecule has 0 saturated heterocycles. The van der Waals surface area contributed by atoms with Gasteiger partial charge in [-0.05, 0) is 11.5 Å². The zero-order valence-electron chi connectivity index (χ0n) is 15.7. The quantitative estimate of drug-likeness (QED) is 0.272. The van der Waals surface area contributed by atoms with Crippen LogP contribution in [0.4, 0.5) is 0 Å². The Kier molecular flexibility index (Phi) is 8.23. The van der Waals surface area contributed by atoms with Gasteiger partial charge in [0.2, 0.25) is 0 Å². The molecule has 2 heterocycles. The van der Waals surface area contributed by atoms with Gasteiger partial charge in [0.05, 0.1) is 30.7 Å². The number of aromatic amines is 1. The summed E-state index contributed by atoms with van der Waals surface area (Å²) in [6, 6.07) is 10.2. The summed E-state index contributed by atoms with van der Waals surface area (Å²) in [5.74, 6) is 2.04. The van der Waals surface area contributed by atoms with Gasteiger partial charge in [0.1, 0.15) is 10.8 Å². The topological polar surface area (TPSA) is 78.0 Å². The molecule has 0 fully saturated rings. The molecule has 0 unspecified atom stereocenters. The largest absolute Gasteiger partial charge is 0.350 e. The Morgan fingerprint density at radius 2 is 1.93 bits per heavy atom. The Balaban J connectivity index is 0.00000261. The molecule has 2 aromatic heterocycles. The first-order valence-electron chi connectivity index (χ1n) is 8.64. The fourth-order valence-electron chi connectivity index (χ4n) is 2.44. The van der Waals surface area contributed by atoms with E-state index in [1.807, 2.05) is 24.4 Å². The van der Waals surface area contributed by atoms with Crippen LogP contribution in [0.3, 0.4) is 0 Å². The maximum atomic E-state index is 4.63. The van der Waals surface area contributed by atoms with Gasteiger partial charge >= 0.3 is 0 Å². The van der Waals surface area contributed by atoms with Crippen molar-refractivity contribution in [2.24, 2.45) is 4.99 Å². The maximum absolute atomic E-state index is 4.63. The Bertz CT molecular complexity index is 856. The van der Waals surface area contributed by atoms with Crippen LogP contribution in [0.2, 0.25) is 0 Å². The van der Waals surface area contributed by atoms with Gasteiger partial charge in [-0.3, -0.25) is 4.99 Å². The molecule has 3 N–H and O–H groups in total. The normalized spacial score (nSPS) is 11.3. The van der Waals surface area contributed by atoms with E-state index in [1.165, 1.54) is 0 Å². The summed E-state index contributed by atoms with van der Waals surface area (Å²) in [6.07, 6.45) is 1.85. The van der Waals surface area contributed by atoms with E-state index in [-0.39, 0.29) is 24.0 Å². The molecule has 144 valence electrons. The lowest BCUT2D eigenvalue weighted by Crippen LogP contribution is -2.36. The Hall–Kier alpha value is -1.94. The predicted octanol–water partition coefficient (Wildman–Crippen LogP) is 4.14. The minimum absolute atomic E-state index is 0. The van der Waals surface area contributed by atoms with Crippen LogP contribution < -0.4 is 10.6 Å². The lowest BCUT2D eigenvalue weighted by atomic mass is 10.2. The molecule has 0 radical (unpaired) electrons. The molecule has 3 rings (SSSR count). The Morgan fingerprint density at radius 1 is 1.19 bits per heavy atom. The molecule has 0 atom stereocenters. The zero-order chi connectivity index (χ0) is 18.4. The van der Waals surface area contributed by atoms with Crippen LogP contribution in [0.25, 0.3) is 11.3 Å². The van der Waals surface area contributed by atoms with Crippen molar-refractivity contribution in [2.75, 3.05) is 7.05 Å². The standard InChI is InChI=1S/C19H24N6S.HI/c1-13(2)16-12-26-18(25-16)11-23-19(20-3)22-10-17-21-9-15(24-17)14-7-5-4-6-8-14;/h4-9,12-13H,10-11H2,1-3H3,(H,21,24)(H2,20,22,23);1H. The van der Waals surface area contributed by atoms with Crippen molar-refractivity contribution in [3.8, 4) is 11.3 Å². The number of imidazole rings is 1. The highest BCUT2D eigenvalue weighted by Gasteiger charge is 2.07. The Labute approximate surface area is 181 Å². The minimum Gasteiger partial charge on any atom is -0.350 e. The molecule has 0 bridgehead atoms. The van der Waals surface area contributed by atoms with Crippen molar-refractivity contribution >= 4 is 41.3 Å². The van der Waals surface area contributed by atoms with Crippen molar-refractivity contribution < 1.29 is 0 Å². The van der Waals surface area contributed by atoms with Gasteiger partial charge in [-0.1, -0.05) is 44.2 Å². The maximum Gasteiger partial charge on any atom is 0.191 e. The fourth-order valence-corrected chi connectivity index (χ4v) is 3.33. The van der Waals surface area contributed by atoms with Gasteiger partial charge < -0.3 is 15.6 Å². The third-order valence-corrected chi connectivity index (χ3v) is 4.80. The highest BCUT2D eigenvalue weighted by molar-refractivity contribution is 14.0. The van der Waals surface area contributed by atoms with Crippen molar-refractivity contribution in [3.63, 3.8) is 0 Å². The first-order chi connectivity index (χ1) is 12.7. The third kappa shape index (κ3) is 6.03. The zero-order valence-corrected chi connectivity index (χ0v) is 18.8. The van der Waals surface area contributed by atoms with Crippen molar-refractivity contribution in [1.29, 1.82) is 0 Å². The monoisotopic (exact) mass is 496 g/mol. The van der Waals surface area contributed by atoms with E-state index in [4.69, 9.17) is 0 Å². The highest BCUT2D eigenvalue weighted by Crippen LogP contribution is 2.17. The van der Waals surface area contributed by atoms with Crippen molar-refractivity contribution in [3.05, 3.63) is 58.4 Å². The van der Waals surface area contributed by atoms with Gasteiger partial charge in [0, 0.05) is 12.4 Å². The molecule has 6 nitrogen and oxygen atoms in total. The highest BCUT2D eigenvalue weighted by atomic mass is 127. The first kappa shape index (κ1) is 21.4. The van der Waals surface area contributed by atoms with Gasteiger partial charge in [-0.2, -0.15) is 0 Å². The van der Waals surface area contributed by atoms with Crippen LogP contribution in [0, 0.1) is 0 Å². The van der Waals surface area contributed by atoms with Crippen LogP contribution in [0.5, 0.6) is 0 Å². The number of aromatic nitrogens is 3. The second-order valence-electron chi connectivity index (χ2n) is 6.21. The van der Waals surface area contributed by atoms with Crippen LogP contribution in [0.1, 0.15) is 36.3 Å². The smallest absolute Gasteiger partial charge is 0.191 e. The molecule has 0 saturated carbocycles. The Morgan fingerprint density at radius 3 is 2.59 bits per heavy atom. The number of nitrogens with zero attached hydrogens (tertiary/aromatic N) is 3. The van der Waals surface area contributed by atoms with Crippen molar-refractivity contribution in [1.82, 2.24) is 25.6 Å². The number of aliphatic imine (C=N–C) groups is 1. The van der Waals surface area contributed by atoms with Crippen LogP contribution in [-0.4, -0.2) is 28.0 Å². The molecule has 0 aliphatic carbocycles. The van der Waals surface area contributed by atoms with Crippen LogP contribution >= 0.6 is 35.3 Å². The van der Waals surface area contributed by atoms with Crippen LogP contribution in [-0.2, 0) is 13.1 Å². The molecular weight excluding hydrogens is 471 g/mol. The molecule has 27 heavy (non-hydrogen) atoms. The van der Waals surface area contributed by atoms with Crippen molar-refractivity contribution in [2.45, 2.75) is 32.9 Å². The summed E-state index contributed by atoms with van der Waals surface area (Å²) < 4.78 is 0.